The Morgan fingerprint density at radius 2 is 1.78 bits per heavy atom. The van der Waals surface area contributed by atoms with Gasteiger partial charge in [-0.15, -0.1) is 0 Å². The Balaban J connectivity index is 1.67. The molecule has 144 valence electrons. The van der Waals surface area contributed by atoms with Crippen molar-refractivity contribution < 1.29 is 9.13 Å². The van der Waals surface area contributed by atoms with E-state index in [-0.39, 0.29) is 5.82 Å². The van der Waals surface area contributed by atoms with Gasteiger partial charge in [0.15, 0.2) is 0 Å². The topological polar surface area (TPSA) is 27.1 Å². The highest BCUT2D eigenvalue weighted by atomic mass is 19.1. The molecule has 0 aliphatic heterocycles. The smallest absolute Gasteiger partial charge is 0.136 e. The second kappa shape index (κ2) is 9.03. The lowest BCUT2D eigenvalue weighted by molar-refractivity contribution is 0.303. The van der Waals surface area contributed by atoms with Gasteiger partial charge in [-0.25, -0.2) is 4.39 Å². The van der Waals surface area contributed by atoms with Gasteiger partial charge < -0.3 is 4.74 Å². The molecule has 0 atom stereocenters. The van der Waals surface area contributed by atoms with Crippen LogP contribution in [0.3, 0.4) is 0 Å². The molecule has 0 spiro atoms. The predicted octanol–water partition coefficient (Wildman–Crippen LogP) is 6.43. The van der Waals surface area contributed by atoms with Gasteiger partial charge in [0.1, 0.15) is 17.3 Å². The summed E-state index contributed by atoms with van der Waals surface area (Å²) in [4.78, 5) is 0. The summed E-state index contributed by atoms with van der Waals surface area (Å²) in [6.07, 6.45) is 7.27. The molecule has 0 saturated carbocycles. The maximum Gasteiger partial charge on any atom is 0.136 e. The van der Waals surface area contributed by atoms with Crippen molar-refractivity contribution in [3.05, 3.63) is 47.8 Å². The molecule has 3 rings (SSSR count). The number of nitrogens with zero attached hydrogens (tertiary/aromatic N) is 2. The van der Waals surface area contributed by atoms with Crippen LogP contribution in [-0.2, 0) is 7.05 Å². The fraction of sp³-hybridized carbons (Fsp3) is 0.435. The molecule has 1 heterocycles. The van der Waals surface area contributed by atoms with Gasteiger partial charge >= 0.3 is 0 Å². The van der Waals surface area contributed by atoms with Gasteiger partial charge in [-0.1, -0.05) is 51.2 Å². The van der Waals surface area contributed by atoms with Crippen LogP contribution in [0, 0.1) is 12.7 Å². The van der Waals surface area contributed by atoms with Crippen LogP contribution >= 0.6 is 0 Å². The standard InChI is InChI=1S/C23H29FN2O/c1-4-5-6-7-8-9-14-27-18-11-13-19(21(24)16-18)23-20-12-10-17(2)15-22(20)26(3)25-23/h10-13,15-16H,4-9,14H2,1-3H3. The number of aromatic nitrogens is 2. The SMILES string of the molecule is CCCCCCCCOc1ccc(-c2nn(C)c3cc(C)ccc23)c(F)c1. The molecule has 0 aliphatic rings. The Labute approximate surface area is 161 Å². The minimum atomic E-state index is -0.295. The van der Waals surface area contributed by atoms with E-state index in [0.717, 1.165) is 22.9 Å². The van der Waals surface area contributed by atoms with Crippen LogP contribution in [0.2, 0.25) is 0 Å². The minimum Gasteiger partial charge on any atom is -0.493 e. The third-order valence-electron chi connectivity index (χ3n) is 4.97. The van der Waals surface area contributed by atoms with Crippen molar-refractivity contribution in [1.29, 1.82) is 0 Å². The first-order valence-corrected chi connectivity index (χ1v) is 9.96. The lowest BCUT2D eigenvalue weighted by Gasteiger charge is -2.08. The Bertz CT molecular complexity index is 901. The van der Waals surface area contributed by atoms with E-state index in [9.17, 15) is 4.39 Å². The summed E-state index contributed by atoms with van der Waals surface area (Å²) in [6.45, 7) is 4.90. The average molecular weight is 368 g/mol. The van der Waals surface area contributed by atoms with Gasteiger partial charge in [0.25, 0.3) is 0 Å². The van der Waals surface area contributed by atoms with Crippen LogP contribution in [-0.4, -0.2) is 16.4 Å². The molecular weight excluding hydrogens is 339 g/mol. The number of benzene rings is 2. The van der Waals surface area contributed by atoms with Crippen LogP contribution in [0.4, 0.5) is 4.39 Å². The van der Waals surface area contributed by atoms with Gasteiger partial charge in [-0.2, -0.15) is 5.10 Å². The molecule has 27 heavy (non-hydrogen) atoms. The Morgan fingerprint density at radius 1 is 1.00 bits per heavy atom. The third kappa shape index (κ3) is 4.68. The first kappa shape index (κ1) is 19.4. The fourth-order valence-electron chi connectivity index (χ4n) is 3.42. The highest BCUT2D eigenvalue weighted by molar-refractivity contribution is 5.93. The van der Waals surface area contributed by atoms with Crippen LogP contribution in [0.15, 0.2) is 36.4 Å². The van der Waals surface area contributed by atoms with Crippen molar-refractivity contribution in [3.63, 3.8) is 0 Å². The number of fused-ring (bicyclic) bond motifs is 1. The van der Waals surface area contributed by atoms with E-state index in [0.29, 0.717) is 23.6 Å². The molecule has 1 aromatic heterocycles. The number of rotatable bonds is 9. The van der Waals surface area contributed by atoms with Crippen LogP contribution in [0.25, 0.3) is 22.2 Å². The van der Waals surface area contributed by atoms with E-state index < -0.39 is 0 Å². The first-order chi connectivity index (χ1) is 13.1. The third-order valence-corrected chi connectivity index (χ3v) is 4.97. The quantitative estimate of drug-likeness (QED) is 0.407. The summed E-state index contributed by atoms with van der Waals surface area (Å²) in [5, 5.41) is 5.50. The molecule has 0 amide bonds. The second-order valence-corrected chi connectivity index (χ2v) is 7.25. The highest BCUT2D eigenvalue weighted by Gasteiger charge is 2.15. The van der Waals surface area contributed by atoms with Gasteiger partial charge in [0.2, 0.25) is 0 Å². The minimum absolute atomic E-state index is 0.295. The molecule has 0 aliphatic carbocycles. The monoisotopic (exact) mass is 368 g/mol. The molecule has 2 aromatic carbocycles. The van der Waals surface area contributed by atoms with E-state index in [4.69, 9.17) is 4.74 Å². The van der Waals surface area contributed by atoms with Gasteiger partial charge in [-0.3, -0.25) is 4.68 Å². The van der Waals surface area contributed by atoms with Crippen molar-refractivity contribution in [2.24, 2.45) is 7.05 Å². The summed E-state index contributed by atoms with van der Waals surface area (Å²) < 4.78 is 22.3. The van der Waals surface area contributed by atoms with E-state index in [2.05, 4.69) is 18.1 Å². The Kier molecular flexibility index (Phi) is 6.49. The van der Waals surface area contributed by atoms with E-state index in [1.54, 1.807) is 10.7 Å². The fourth-order valence-corrected chi connectivity index (χ4v) is 3.42. The predicted molar refractivity (Wildman–Crippen MR) is 110 cm³/mol. The number of ether oxygens (including phenoxy) is 1. The molecule has 4 heteroatoms. The number of aryl methyl sites for hydroxylation is 2. The van der Waals surface area contributed by atoms with E-state index in [1.807, 2.05) is 32.2 Å². The summed E-state index contributed by atoms with van der Waals surface area (Å²) in [6, 6.07) is 11.2. The van der Waals surface area contributed by atoms with Crippen molar-refractivity contribution >= 4 is 10.9 Å². The van der Waals surface area contributed by atoms with Crippen LogP contribution in [0.5, 0.6) is 5.75 Å². The highest BCUT2D eigenvalue weighted by Crippen LogP contribution is 2.31. The maximum absolute atomic E-state index is 14.7. The van der Waals surface area contributed by atoms with Crippen molar-refractivity contribution in [2.45, 2.75) is 52.4 Å². The number of hydrogen-bond donors (Lipinski definition) is 0. The zero-order chi connectivity index (χ0) is 19.2. The van der Waals surface area contributed by atoms with Crippen LogP contribution < -0.4 is 4.74 Å². The molecule has 0 saturated heterocycles. The van der Waals surface area contributed by atoms with Gasteiger partial charge in [0.05, 0.1) is 12.1 Å². The van der Waals surface area contributed by atoms with Gasteiger partial charge in [-0.05, 0) is 37.1 Å². The molecule has 0 N–H and O–H groups in total. The second-order valence-electron chi connectivity index (χ2n) is 7.25. The molecule has 0 fully saturated rings. The van der Waals surface area contributed by atoms with E-state index in [1.165, 1.54) is 38.2 Å². The van der Waals surface area contributed by atoms with Crippen molar-refractivity contribution in [1.82, 2.24) is 9.78 Å². The Morgan fingerprint density at radius 3 is 2.56 bits per heavy atom. The lowest BCUT2D eigenvalue weighted by Crippen LogP contribution is -1.98. The van der Waals surface area contributed by atoms with Crippen molar-refractivity contribution in [2.75, 3.05) is 6.61 Å². The molecule has 3 aromatic rings. The molecule has 0 unspecified atom stereocenters. The first-order valence-electron chi connectivity index (χ1n) is 9.96. The van der Waals surface area contributed by atoms with Gasteiger partial charge in [0, 0.05) is 24.1 Å². The largest absolute Gasteiger partial charge is 0.493 e. The average Bonchev–Trinajstić information content (AvgIpc) is 2.97. The zero-order valence-electron chi connectivity index (χ0n) is 16.6. The Hall–Kier alpha value is -2.36. The molecule has 0 radical (unpaired) electrons. The normalized spacial score (nSPS) is 11.3. The summed E-state index contributed by atoms with van der Waals surface area (Å²) in [5.74, 6) is 0.289. The van der Waals surface area contributed by atoms with E-state index >= 15 is 0 Å². The summed E-state index contributed by atoms with van der Waals surface area (Å²) >= 11 is 0. The molecular formula is C23H29FN2O. The number of unbranched alkanes of at least 4 members (excludes halogenated alkanes) is 5. The van der Waals surface area contributed by atoms with Crippen LogP contribution in [0.1, 0.15) is 51.0 Å². The lowest BCUT2D eigenvalue weighted by atomic mass is 10.1. The maximum atomic E-state index is 14.7. The van der Waals surface area contributed by atoms with Crippen molar-refractivity contribution in [3.8, 4) is 17.0 Å². The summed E-state index contributed by atoms with van der Waals surface area (Å²) in [7, 11) is 1.89. The zero-order valence-corrected chi connectivity index (χ0v) is 16.6. The molecule has 0 bridgehead atoms. The number of hydrogen-bond acceptors (Lipinski definition) is 2. The number of halogens is 1. The summed E-state index contributed by atoms with van der Waals surface area (Å²) in [5.41, 5.74) is 3.35. The molecule has 3 nitrogen and oxygen atoms in total.